The Morgan fingerprint density at radius 3 is 2.77 bits per heavy atom. The zero-order valence-corrected chi connectivity index (χ0v) is 7.77. The van der Waals surface area contributed by atoms with E-state index in [1.807, 2.05) is 0 Å². The highest BCUT2D eigenvalue weighted by Gasteiger charge is 2.10. The molecule has 0 aromatic carbocycles. The fraction of sp³-hybridized carbons (Fsp3) is 0.667. The Morgan fingerprint density at radius 2 is 2.31 bits per heavy atom. The van der Waals surface area contributed by atoms with Gasteiger partial charge >= 0.3 is 0 Å². The summed E-state index contributed by atoms with van der Waals surface area (Å²) in [6, 6.07) is 0. The predicted molar refractivity (Wildman–Crippen MR) is 48.3 cm³/mol. The van der Waals surface area contributed by atoms with Crippen LogP contribution in [0.15, 0.2) is 12.7 Å². The molecule has 0 saturated carbocycles. The van der Waals surface area contributed by atoms with Gasteiger partial charge in [0, 0.05) is 6.42 Å². The summed E-state index contributed by atoms with van der Waals surface area (Å²) in [7, 11) is 0. The lowest BCUT2D eigenvalue weighted by molar-refractivity contribution is -0.117. The third-order valence-corrected chi connectivity index (χ3v) is 1.49. The first-order chi connectivity index (χ1) is 6.10. The third kappa shape index (κ3) is 6.45. The van der Waals surface area contributed by atoms with Gasteiger partial charge in [-0.15, -0.1) is 0 Å². The summed E-state index contributed by atoms with van der Waals surface area (Å²) < 4.78 is 5.01. The van der Waals surface area contributed by atoms with Crippen LogP contribution in [-0.4, -0.2) is 41.4 Å². The van der Waals surface area contributed by atoms with Crippen LogP contribution >= 0.6 is 0 Å². The first-order valence-corrected chi connectivity index (χ1v) is 4.16. The van der Waals surface area contributed by atoms with Crippen molar-refractivity contribution in [1.29, 1.82) is 0 Å². The summed E-state index contributed by atoms with van der Waals surface area (Å²) in [5.41, 5.74) is 0. The van der Waals surface area contributed by atoms with Crippen LogP contribution in [0.4, 0.5) is 0 Å². The molecule has 0 aromatic rings. The normalized spacial score (nSPS) is 15.0. The van der Waals surface area contributed by atoms with E-state index in [2.05, 4.69) is 6.58 Å². The Bertz CT molecular complexity index is 167. The number of carbonyl (C=O) groups excluding carboxylic acids is 1. The fourth-order valence-corrected chi connectivity index (χ4v) is 0.703. The molecule has 0 bridgehead atoms. The van der Waals surface area contributed by atoms with Crippen molar-refractivity contribution < 1.29 is 19.7 Å². The molecular formula is C9H16O4. The van der Waals surface area contributed by atoms with Gasteiger partial charge in [-0.3, -0.25) is 4.79 Å². The fourth-order valence-electron chi connectivity index (χ4n) is 0.703. The molecule has 13 heavy (non-hydrogen) atoms. The van der Waals surface area contributed by atoms with Crippen LogP contribution in [0.1, 0.15) is 13.3 Å². The second-order valence-electron chi connectivity index (χ2n) is 2.85. The average Bonchev–Trinajstić information content (AvgIpc) is 2.13. The molecule has 2 unspecified atom stereocenters. The molecule has 0 radical (unpaired) electrons. The third-order valence-electron chi connectivity index (χ3n) is 1.49. The average molecular weight is 188 g/mol. The molecule has 76 valence electrons. The van der Waals surface area contributed by atoms with Crippen molar-refractivity contribution in [1.82, 2.24) is 0 Å². The van der Waals surface area contributed by atoms with Crippen molar-refractivity contribution in [2.45, 2.75) is 25.6 Å². The monoisotopic (exact) mass is 188 g/mol. The summed E-state index contributed by atoms with van der Waals surface area (Å²) >= 11 is 0. The van der Waals surface area contributed by atoms with Gasteiger partial charge in [0.2, 0.25) is 0 Å². The number of hydrogen-bond acceptors (Lipinski definition) is 4. The van der Waals surface area contributed by atoms with Crippen LogP contribution < -0.4 is 0 Å². The van der Waals surface area contributed by atoms with Gasteiger partial charge in [0.25, 0.3) is 0 Å². The molecule has 4 nitrogen and oxygen atoms in total. The highest BCUT2D eigenvalue weighted by molar-refractivity contribution is 5.89. The molecule has 0 aromatic heterocycles. The van der Waals surface area contributed by atoms with Gasteiger partial charge in [0.1, 0.15) is 0 Å². The van der Waals surface area contributed by atoms with Gasteiger partial charge in [-0.2, -0.15) is 0 Å². The standard InChI is InChI=1S/C9H16O4/c1-3-8(11)4-9(12)6-13-7(2)5-10/h3,7,9-10,12H,1,4-6H2,2H3. The van der Waals surface area contributed by atoms with Crippen LogP contribution in [0.2, 0.25) is 0 Å². The summed E-state index contributed by atoms with van der Waals surface area (Å²) in [6.45, 7) is 4.93. The van der Waals surface area contributed by atoms with E-state index in [-0.39, 0.29) is 31.5 Å². The predicted octanol–water partition coefficient (Wildman–Crippen LogP) is -0.110. The summed E-state index contributed by atoms with van der Waals surface area (Å²) in [6.07, 6.45) is 0.0494. The number of rotatable bonds is 7. The van der Waals surface area contributed by atoms with Crippen LogP contribution in [0.25, 0.3) is 0 Å². The molecule has 0 aliphatic rings. The van der Waals surface area contributed by atoms with Gasteiger partial charge < -0.3 is 14.9 Å². The van der Waals surface area contributed by atoms with Gasteiger partial charge in [-0.1, -0.05) is 6.58 Å². The van der Waals surface area contributed by atoms with E-state index in [1.165, 1.54) is 6.08 Å². The Balaban J connectivity index is 3.56. The molecule has 0 fully saturated rings. The van der Waals surface area contributed by atoms with Crippen molar-refractivity contribution in [2.24, 2.45) is 0 Å². The minimum Gasteiger partial charge on any atom is -0.394 e. The van der Waals surface area contributed by atoms with Crippen molar-refractivity contribution in [3.63, 3.8) is 0 Å². The van der Waals surface area contributed by atoms with Gasteiger partial charge in [0.15, 0.2) is 5.78 Å². The number of carbonyl (C=O) groups is 1. The van der Waals surface area contributed by atoms with Gasteiger partial charge in [-0.05, 0) is 13.0 Å². The largest absolute Gasteiger partial charge is 0.394 e. The zero-order chi connectivity index (χ0) is 10.3. The maximum absolute atomic E-state index is 10.8. The zero-order valence-electron chi connectivity index (χ0n) is 7.77. The lowest BCUT2D eigenvalue weighted by Crippen LogP contribution is -2.23. The molecule has 4 heteroatoms. The second kappa shape index (κ2) is 6.77. The molecule has 0 aliphatic heterocycles. The van der Waals surface area contributed by atoms with Crippen molar-refractivity contribution in [3.8, 4) is 0 Å². The molecule has 2 N–H and O–H groups in total. The van der Waals surface area contributed by atoms with Crippen molar-refractivity contribution >= 4 is 5.78 Å². The topological polar surface area (TPSA) is 66.8 Å². The summed E-state index contributed by atoms with van der Waals surface area (Å²) in [5.74, 6) is -0.215. The number of ketones is 1. The van der Waals surface area contributed by atoms with E-state index in [0.717, 1.165) is 0 Å². The number of hydrogen-bond donors (Lipinski definition) is 2. The van der Waals surface area contributed by atoms with Crippen LogP contribution in [0, 0.1) is 0 Å². The number of aliphatic hydroxyl groups excluding tert-OH is 2. The Morgan fingerprint density at radius 1 is 1.69 bits per heavy atom. The molecule has 0 saturated heterocycles. The molecular weight excluding hydrogens is 172 g/mol. The Hall–Kier alpha value is -0.710. The molecule has 0 amide bonds. The first-order valence-electron chi connectivity index (χ1n) is 4.16. The SMILES string of the molecule is C=CC(=O)CC(O)COC(C)CO. The minimum absolute atomic E-state index is 0.0155. The first kappa shape index (κ1) is 12.3. The molecule has 0 rings (SSSR count). The summed E-state index contributed by atoms with van der Waals surface area (Å²) in [5, 5.41) is 17.8. The van der Waals surface area contributed by atoms with Crippen molar-refractivity contribution in [2.75, 3.05) is 13.2 Å². The number of aliphatic hydroxyl groups is 2. The maximum Gasteiger partial charge on any atom is 0.157 e. The minimum atomic E-state index is -0.820. The van der Waals surface area contributed by atoms with E-state index in [0.29, 0.717) is 0 Å². The van der Waals surface area contributed by atoms with Crippen LogP contribution in [0.3, 0.4) is 0 Å². The summed E-state index contributed by atoms with van der Waals surface area (Å²) in [4.78, 5) is 10.8. The molecule has 0 aliphatic carbocycles. The van der Waals surface area contributed by atoms with Crippen molar-refractivity contribution in [3.05, 3.63) is 12.7 Å². The van der Waals surface area contributed by atoms with Gasteiger partial charge in [0.05, 0.1) is 25.4 Å². The lowest BCUT2D eigenvalue weighted by atomic mass is 10.2. The molecule has 0 spiro atoms. The van der Waals surface area contributed by atoms with E-state index >= 15 is 0 Å². The number of allylic oxidation sites excluding steroid dienone is 1. The Kier molecular flexibility index (Phi) is 6.40. The van der Waals surface area contributed by atoms with E-state index in [1.54, 1.807) is 6.92 Å². The Labute approximate surface area is 77.8 Å². The van der Waals surface area contributed by atoms with E-state index in [9.17, 15) is 9.90 Å². The highest BCUT2D eigenvalue weighted by atomic mass is 16.5. The number of ether oxygens (including phenoxy) is 1. The quantitative estimate of drug-likeness (QED) is 0.547. The molecule has 0 heterocycles. The lowest BCUT2D eigenvalue weighted by Gasteiger charge is -2.13. The maximum atomic E-state index is 10.8. The smallest absolute Gasteiger partial charge is 0.157 e. The highest BCUT2D eigenvalue weighted by Crippen LogP contribution is 1.97. The van der Waals surface area contributed by atoms with Crippen LogP contribution in [0.5, 0.6) is 0 Å². The van der Waals surface area contributed by atoms with E-state index < -0.39 is 6.10 Å². The molecule has 2 atom stereocenters. The second-order valence-corrected chi connectivity index (χ2v) is 2.85. The van der Waals surface area contributed by atoms with Gasteiger partial charge in [-0.25, -0.2) is 0 Å². The van der Waals surface area contributed by atoms with E-state index in [4.69, 9.17) is 9.84 Å². The van der Waals surface area contributed by atoms with Crippen LogP contribution in [-0.2, 0) is 9.53 Å².